The summed E-state index contributed by atoms with van der Waals surface area (Å²) >= 11 is 0. The summed E-state index contributed by atoms with van der Waals surface area (Å²) in [5.41, 5.74) is 1.81. The molecule has 1 heterocycles. The Morgan fingerprint density at radius 1 is 1.16 bits per heavy atom. The summed E-state index contributed by atoms with van der Waals surface area (Å²) in [6.07, 6.45) is 1.21. The van der Waals surface area contributed by atoms with E-state index < -0.39 is 17.6 Å². The molecule has 0 aliphatic rings. The number of nitrogens with zero attached hydrogens (tertiary/aromatic N) is 2. The van der Waals surface area contributed by atoms with Crippen molar-refractivity contribution < 1.29 is 19.8 Å². The SMILES string of the molecule is Cc1ccc(-n2cc(C(=O)O)c(C(=O)O)n2)c(C)c1. The highest BCUT2D eigenvalue weighted by Crippen LogP contribution is 2.17. The summed E-state index contributed by atoms with van der Waals surface area (Å²) in [6, 6.07) is 5.54. The number of hydrogen-bond donors (Lipinski definition) is 2. The van der Waals surface area contributed by atoms with Gasteiger partial charge in [0.2, 0.25) is 0 Å². The van der Waals surface area contributed by atoms with E-state index in [1.807, 2.05) is 26.0 Å². The quantitative estimate of drug-likeness (QED) is 0.879. The Morgan fingerprint density at radius 2 is 1.84 bits per heavy atom. The van der Waals surface area contributed by atoms with Crippen molar-refractivity contribution in [3.05, 3.63) is 46.8 Å². The average molecular weight is 260 g/mol. The highest BCUT2D eigenvalue weighted by molar-refractivity contribution is 6.00. The minimum absolute atomic E-state index is 0.326. The fraction of sp³-hybridized carbons (Fsp3) is 0.154. The van der Waals surface area contributed by atoms with Crippen molar-refractivity contribution in [3.63, 3.8) is 0 Å². The zero-order chi connectivity index (χ0) is 14.2. The number of hydrogen-bond acceptors (Lipinski definition) is 3. The molecule has 1 aromatic carbocycles. The Kier molecular flexibility index (Phi) is 3.08. The Morgan fingerprint density at radius 3 is 2.32 bits per heavy atom. The van der Waals surface area contributed by atoms with Gasteiger partial charge < -0.3 is 10.2 Å². The van der Waals surface area contributed by atoms with E-state index in [9.17, 15) is 9.59 Å². The molecule has 0 fully saturated rings. The first-order valence-electron chi connectivity index (χ1n) is 5.54. The van der Waals surface area contributed by atoms with Crippen LogP contribution in [0.2, 0.25) is 0 Å². The zero-order valence-electron chi connectivity index (χ0n) is 10.4. The summed E-state index contributed by atoms with van der Waals surface area (Å²) in [6.45, 7) is 3.79. The summed E-state index contributed by atoms with van der Waals surface area (Å²) in [4.78, 5) is 22.0. The third kappa shape index (κ3) is 2.33. The molecule has 0 aliphatic heterocycles. The molecule has 1 aromatic heterocycles. The molecule has 2 N–H and O–H groups in total. The van der Waals surface area contributed by atoms with Crippen LogP contribution in [0.1, 0.15) is 32.0 Å². The van der Waals surface area contributed by atoms with Crippen LogP contribution < -0.4 is 0 Å². The van der Waals surface area contributed by atoms with Crippen LogP contribution in [-0.4, -0.2) is 31.9 Å². The minimum Gasteiger partial charge on any atom is -0.478 e. The van der Waals surface area contributed by atoms with Gasteiger partial charge in [0.15, 0.2) is 5.69 Å². The smallest absolute Gasteiger partial charge is 0.357 e. The lowest BCUT2D eigenvalue weighted by molar-refractivity contribution is 0.0648. The second kappa shape index (κ2) is 4.56. The fourth-order valence-corrected chi connectivity index (χ4v) is 1.87. The van der Waals surface area contributed by atoms with Crippen molar-refractivity contribution in [2.45, 2.75) is 13.8 Å². The lowest BCUT2D eigenvalue weighted by atomic mass is 10.1. The largest absolute Gasteiger partial charge is 0.478 e. The van der Waals surface area contributed by atoms with Crippen LogP contribution in [-0.2, 0) is 0 Å². The Bertz CT molecular complexity index is 642. The predicted octanol–water partition coefficient (Wildman–Crippen LogP) is 1.89. The highest BCUT2D eigenvalue weighted by atomic mass is 16.4. The molecule has 0 saturated carbocycles. The predicted molar refractivity (Wildman–Crippen MR) is 67.0 cm³/mol. The van der Waals surface area contributed by atoms with E-state index in [1.54, 1.807) is 6.07 Å². The lowest BCUT2D eigenvalue weighted by Crippen LogP contribution is -2.06. The van der Waals surface area contributed by atoms with Gasteiger partial charge in [-0.05, 0) is 25.5 Å². The molecule has 2 rings (SSSR count). The molecule has 0 aliphatic carbocycles. The van der Waals surface area contributed by atoms with Gasteiger partial charge in [0, 0.05) is 6.20 Å². The summed E-state index contributed by atoms with van der Waals surface area (Å²) in [5, 5.41) is 21.7. The van der Waals surface area contributed by atoms with E-state index >= 15 is 0 Å². The minimum atomic E-state index is -1.36. The first-order chi connectivity index (χ1) is 8.90. The molecule has 0 amide bonds. The number of rotatable bonds is 3. The van der Waals surface area contributed by atoms with Gasteiger partial charge >= 0.3 is 11.9 Å². The van der Waals surface area contributed by atoms with Crippen LogP contribution in [0.3, 0.4) is 0 Å². The molecule has 6 nitrogen and oxygen atoms in total. The van der Waals surface area contributed by atoms with E-state index in [0.29, 0.717) is 5.69 Å². The molecule has 98 valence electrons. The molecule has 0 bridgehead atoms. The van der Waals surface area contributed by atoms with E-state index in [0.717, 1.165) is 11.1 Å². The van der Waals surface area contributed by atoms with E-state index in [-0.39, 0.29) is 5.56 Å². The maximum absolute atomic E-state index is 11.0. The maximum Gasteiger partial charge on any atom is 0.357 e. The third-order valence-corrected chi connectivity index (χ3v) is 2.75. The Balaban J connectivity index is 2.60. The number of aromatic nitrogens is 2. The van der Waals surface area contributed by atoms with Gasteiger partial charge in [-0.3, -0.25) is 0 Å². The number of benzene rings is 1. The maximum atomic E-state index is 11.0. The summed E-state index contributed by atoms with van der Waals surface area (Å²) < 4.78 is 1.28. The standard InChI is InChI=1S/C13H12N2O4/c1-7-3-4-10(8(2)5-7)15-6-9(12(16)17)11(14-15)13(18)19/h3-6H,1-2H3,(H,16,17)(H,18,19). The lowest BCUT2D eigenvalue weighted by Gasteiger charge is -2.06. The fourth-order valence-electron chi connectivity index (χ4n) is 1.87. The molecule has 0 radical (unpaired) electrons. The molecule has 0 spiro atoms. The van der Waals surface area contributed by atoms with Crippen LogP contribution in [0.5, 0.6) is 0 Å². The van der Waals surface area contributed by atoms with Gasteiger partial charge in [-0.1, -0.05) is 17.7 Å². The van der Waals surface area contributed by atoms with Crippen molar-refractivity contribution in [2.75, 3.05) is 0 Å². The number of carboxylic acids is 2. The van der Waals surface area contributed by atoms with Crippen LogP contribution in [0.25, 0.3) is 5.69 Å². The summed E-state index contributed by atoms with van der Waals surface area (Å²) in [5.74, 6) is -2.67. The second-order valence-electron chi connectivity index (χ2n) is 4.24. The van der Waals surface area contributed by atoms with Crippen molar-refractivity contribution in [1.29, 1.82) is 0 Å². The van der Waals surface area contributed by atoms with Gasteiger partial charge in [0.25, 0.3) is 0 Å². The van der Waals surface area contributed by atoms with Gasteiger partial charge in [0.05, 0.1) is 5.69 Å². The molecular formula is C13H12N2O4. The first-order valence-corrected chi connectivity index (χ1v) is 5.54. The second-order valence-corrected chi connectivity index (χ2v) is 4.24. The Labute approximate surface area is 108 Å². The average Bonchev–Trinajstić information content (AvgIpc) is 2.73. The van der Waals surface area contributed by atoms with Crippen LogP contribution in [0.15, 0.2) is 24.4 Å². The molecule has 6 heteroatoms. The summed E-state index contributed by atoms with van der Waals surface area (Å²) in [7, 11) is 0. The van der Waals surface area contributed by atoms with Gasteiger partial charge in [-0.2, -0.15) is 5.10 Å². The third-order valence-electron chi connectivity index (χ3n) is 2.75. The van der Waals surface area contributed by atoms with Gasteiger partial charge in [-0.15, -0.1) is 0 Å². The molecule has 19 heavy (non-hydrogen) atoms. The van der Waals surface area contributed by atoms with Crippen molar-refractivity contribution in [3.8, 4) is 5.69 Å². The van der Waals surface area contributed by atoms with Crippen molar-refractivity contribution in [1.82, 2.24) is 9.78 Å². The highest BCUT2D eigenvalue weighted by Gasteiger charge is 2.21. The van der Waals surface area contributed by atoms with E-state index in [1.165, 1.54) is 10.9 Å². The normalized spacial score (nSPS) is 10.4. The van der Waals surface area contributed by atoms with Gasteiger partial charge in [0.1, 0.15) is 5.56 Å². The van der Waals surface area contributed by atoms with Crippen LogP contribution in [0, 0.1) is 13.8 Å². The Hall–Kier alpha value is -2.63. The molecule has 0 unspecified atom stereocenters. The topological polar surface area (TPSA) is 92.4 Å². The number of aryl methyl sites for hydroxylation is 2. The van der Waals surface area contributed by atoms with Crippen molar-refractivity contribution in [2.24, 2.45) is 0 Å². The first kappa shape index (κ1) is 12.8. The zero-order valence-corrected chi connectivity index (χ0v) is 10.4. The number of carbonyl (C=O) groups is 2. The van der Waals surface area contributed by atoms with Crippen molar-refractivity contribution >= 4 is 11.9 Å². The number of aromatic carboxylic acids is 2. The molecule has 0 saturated heterocycles. The van der Waals surface area contributed by atoms with Crippen LogP contribution in [0.4, 0.5) is 0 Å². The molecule has 2 aromatic rings. The monoisotopic (exact) mass is 260 g/mol. The number of carboxylic acid groups (broad SMARTS) is 2. The molecule has 0 atom stereocenters. The van der Waals surface area contributed by atoms with Crippen LogP contribution >= 0.6 is 0 Å². The molecular weight excluding hydrogens is 248 g/mol. The van der Waals surface area contributed by atoms with Gasteiger partial charge in [-0.25, -0.2) is 14.3 Å². The van der Waals surface area contributed by atoms with E-state index in [2.05, 4.69) is 5.10 Å². The van der Waals surface area contributed by atoms with E-state index in [4.69, 9.17) is 10.2 Å².